The molecule has 0 radical (unpaired) electrons. The van der Waals surface area contributed by atoms with Gasteiger partial charge in [-0.1, -0.05) is 0 Å². The molecule has 1 amide bonds. The number of carbonyl (C=O) groups is 2. The van der Waals surface area contributed by atoms with Gasteiger partial charge in [0.05, 0.1) is 24.7 Å². The zero-order valence-corrected chi connectivity index (χ0v) is 13.5. The van der Waals surface area contributed by atoms with Crippen molar-refractivity contribution in [1.29, 1.82) is 0 Å². The van der Waals surface area contributed by atoms with Crippen LogP contribution in [0.3, 0.4) is 0 Å². The molecule has 3 aliphatic rings. The molecule has 0 spiro atoms. The minimum atomic E-state index is -0.508. The standard InChI is InChI=1S/C16H25NO5/c1-16(2,3)22-15(19)17-7-6-11(9-17)21-14(18)12-8-10-4-5-13(12)20-10/h10-13H,4-9H2,1-3H3/t10-,11+,12-,13-/m1/s1. The van der Waals surface area contributed by atoms with Crippen LogP contribution in [0.25, 0.3) is 0 Å². The van der Waals surface area contributed by atoms with Crippen LogP contribution in [-0.4, -0.2) is 54.0 Å². The van der Waals surface area contributed by atoms with Crippen molar-refractivity contribution in [3.05, 3.63) is 0 Å². The maximum Gasteiger partial charge on any atom is 0.410 e. The average molecular weight is 311 g/mol. The van der Waals surface area contributed by atoms with Crippen molar-refractivity contribution in [2.24, 2.45) is 5.92 Å². The van der Waals surface area contributed by atoms with E-state index in [9.17, 15) is 9.59 Å². The van der Waals surface area contributed by atoms with Gasteiger partial charge < -0.3 is 19.1 Å². The van der Waals surface area contributed by atoms with Crippen molar-refractivity contribution in [1.82, 2.24) is 4.90 Å². The zero-order chi connectivity index (χ0) is 15.9. The zero-order valence-electron chi connectivity index (χ0n) is 13.5. The highest BCUT2D eigenvalue weighted by atomic mass is 16.6. The lowest BCUT2D eigenvalue weighted by Gasteiger charge is -2.24. The fourth-order valence-electron chi connectivity index (χ4n) is 3.45. The molecule has 6 nitrogen and oxygen atoms in total. The number of esters is 1. The smallest absolute Gasteiger partial charge is 0.410 e. The summed E-state index contributed by atoms with van der Waals surface area (Å²) >= 11 is 0. The van der Waals surface area contributed by atoms with Gasteiger partial charge in [0.25, 0.3) is 0 Å². The lowest BCUT2D eigenvalue weighted by molar-refractivity contribution is -0.155. The van der Waals surface area contributed by atoms with Crippen LogP contribution in [0, 0.1) is 5.92 Å². The number of nitrogens with zero attached hydrogens (tertiary/aromatic N) is 1. The predicted molar refractivity (Wildman–Crippen MR) is 78.3 cm³/mol. The highest BCUT2D eigenvalue weighted by Crippen LogP contribution is 2.39. The van der Waals surface area contributed by atoms with E-state index in [0.29, 0.717) is 19.5 Å². The number of likely N-dealkylation sites (tertiary alicyclic amines) is 1. The molecule has 22 heavy (non-hydrogen) atoms. The molecule has 0 saturated carbocycles. The van der Waals surface area contributed by atoms with Gasteiger partial charge >= 0.3 is 12.1 Å². The molecule has 0 aromatic carbocycles. The Morgan fingerprint density at radius 2 is 1.95 bits per heavy atom. The molecule has 4 atom stereocenters. The summed E-state index contributed by atoms with van der Waals surface area (Å²) in [5, 5.41) is 0. The van der Waals surface area contributed by atoms with Gasteiger partial charge in [-0.05, 0) is 40.0 Å². The van der Waals surface area contributed by atoms with Crippen LogP contribution in [0.4, 0.5) is 4.79 Å². The number of amides is 1. The summed E-state index contributed by atoms with van der Waals surface area (Å²) < 4.78 is 16.6. The van der Waals surface area contributed by atoms with E-state index in [4.69, 9.17) is 14.2 Å². The van der Waals surface area contributed by atoms with Crippen LogP contribution in [0.15, 0.2) is 0 Å². The molecule has 3 heterocycles. The Morgan fingerprint density at radius 3 is 2.55 bits per heavy atom. The SMILES string of the molecule is CC(C)(C)OC(=O)N1CC[C@H](OC(=O)[C@@H]2C[C@H]3CC[C@H]2O3)C1. The second-order valence-corrected chi connectivity index (χ2v) is 7.49. The van der Waals surface area contributed by atoms with Gasteiger partial charge in [0.1, 0.15) is 11.7 Å². The first-order valence-corrected chi connectivity index (χ1v) is 8.16. The van der Waals surface area contributed by atoms with Crippen LogP contribution in [0.2, 0.25) is 0 Å². The summed E-state index contributed by atoms with van der Waals surface area (Å²) in [7, 11) is 0. The maximum absolute atomic E-state index is 12.3. The molecule has 0 N–H and O–H groups in total. The lowest BCUT2D eigenvalue weighted by atomic mass is 9.89. The van der Waals surface area contributed by atoms with Crippen molar-refractivity contribution in [3.63, 3.8) is 0 Å². The van der Waals surface area contributed by atoms with Crippen LogP contribution in [0.1, 0.15) is 46.5 Å². The number of hydrogen-bond acceptors (Lipinski definition) is 5. The monoisotopic (exact) mass is 311 g/mol. The summed E-state index contributed by atoms with van der Waals surface area (Å²) in [5.74, 6) is -0.280. The molecule has 3 rings (SSSR count). The first kappa shape index (κ1) is 15.6. The van der Waals surface area contributed by atoms with Crippen LogP contribution < -0.4 is 0 Å². The molecule has 0 aromatic heterocycles. The molecule has 6 heteroatoms. The van der Waals surface area contributed by atoms with Gasteiger partial charge in [-0.2, -0.15) is 0 Å². The highest BCUT2D eigenvalue weighted by Gasteiger charge is 2.46. The van der Waals surface area contributed by atoms with Crippen molar-refractivity contribution >= 4 is 12.1 Å². The molecule has 3 saturated heterocycles. The molecule has 3 aliphatic heterocycles. The molecule has 3 fully saturated rings. The average Bonchev–Trinajstić information content (AvgIpc) is 3.12. The van der Waals surface area contributed by atoms with E-state index in [2.05, 4.69) is 0 Å². The van der Waals surface area contributed by atoms with Crippen molar-refractivity contribution < 1.29 is 23.8 Å². The van der Waals surface area contributed by atoms with Gasteiger partial charge in [-0.25, -0.2) is 4.79 Å². The molecular weight excluding hydrogens is 286 g/mol. The summed E-state index contributed by atoms with van der Waals surface area (Å²) in [6.07, 6.45) is 3.20. The Kier molecular flexibility index (Phi) is 4.05. The molecule has 0 aliphatic carbocycles. The number of carbonyl (C=O) groups excluding carboxylic acids is 2. The Bertz CT molecular complexity index is 458. The molecule has 124 valence electrons. The Balaban J connectivity index is 1.47. The molecule has 2 bridgehead atoms. The van der Waals surface area contributed by atoms with E-state index in [0.717, 1.165) is 19.3 Å². The quantitative estimate of drug-likeness (QED) is 0.731. The van der Waals surface area contributed by atoms with Crippen molar-refractivity contribution in [2.45, 2.75) is 70.4 Å². The fourth-order valence-corrected chi connectivity index (χ4v) is 3.45. The van der Waals surface area contributed by atoms with E-state index in [1.807, 2.05) is 20.8 Å². The van der Waals surface area contributed by atoms with Gasteiger partial charge in [0, 0.05) is 13.0 Å². The van der Waals surface area contributed by atoms with E-state index < -0.39 is 5.60 Å². The van der Waals surface area contributed by atoms with E-state index >= 15 is 0 Å². The second-order valence-electron chi connectivity index (χ2n) is 7.49. The number of rotatable bonds is 2. The summed E-state index contributed by atoms with van der Waals surface area (Å²) in [6, 6.07) is 0. The van der Waals surface area contributed by atoms with E-state index in [1.54, 1.807) is 4.90 Å². The van der Waals surface area contributed by atoms with Gasteiger partial charge in [-0.3, -0.25) is 4.79 Å². The minimum Gasteiger partial charge on any atom is -0.460 e. The normalized spacial score (nSPS) is 34.0. The number of ether oxygens (including phenoxy) is 3. The highest BCUT2D eigenvalue weighted by molar-refractivity contribution is 5.74. The minimum absolute atomic E-state index is 0.0425. The Hall–Kier alpha value is -1.30. The lowest BCUT2D eigenvalue weighted by Crippen LogP contribution is -2.37. The van der Waals surface area contributed by atoms with E-state index in [-0.39, 0.29) is 36.3 Å². The summed E-state index contributed by atoms with van der Waals surface area (Å²) in [4.78, 5) is 25.9. The third kappa shape index (κ3) is 3.37. The summed E-state index contributed by atoms with van der Waals surface area (Å²) in [6.45, 7) is 6.51. The molecule has 0 unspecified atom stereocenters. The van der Waals surface area contributed by atoms with Gasteiger partial charge in [0.15, 0.2) is 0 Å². The first-order valence-electron chi connectivity index (χ1n) is 8.16. The van der Waals surface area contributed by atoms with Crippen LogP contribution in [-0.2, 0) is 19.0 Å². The molecular formula is C16H25NO5. The van der Waals surface area contributed by atoms with Crippen molar-refractivity contribution in [2.75, 3.05) is 13.1 Å². The second kappa shape index (κ2) is 5.72. The third-order valence-electron chi connectivity index (χ3n) is 4.49. The van der Waals surface area contributed by atoms with Gasteiger partial charge in [-0.15, -0.1) is 0 Å². The number of fused-ring (bicyclic) bond motifs is 2. The first-order chi connectivity index (χ1) is 10.3. The number of hydrogen-bond donors (Lipinski definition) is 0. The van der Waals surface area contributed by atoms with Crippen LogP contribution in [0.5, 0.6) is 0 Å². The third-order valence-corrected chi connectivity index (χ3v) is 4.49. The fraction of sp³-hybridized carbons (Fsp3) is 0.875. The van der Waals surface area contributed by atoms with Crippen LogP contribution >= 0.6 is 0 Å². The Morgan fingerprint density at radius 1 is 1.18 bits per heavy atom. The summed E-state index contributed by atoms with van der Waals surface area (Å²) in [5.41, 5.74) is -0.508. The largest absolute Gasteiger partial charge is 0.460 e. The van der Waals surface area contributed by atoms with Crippen molar-refractivity contribution in [3.8, 4) is 0 Å². The van der Waals surface area contributed by atoms with Gasteiger partial charge in [0.2, 0.25) is 0 Å². The topological polar surface area (TPSA) is 65.1 Å². The van der Waals surface area contributed by atoms with E-state index in [1.165, 1.54) is 0 Å². The predicted octanol–water partition coefficient (Wildman–Crippen LogP) is 2.11. The Labute approximate surface area is 131 Å². The maximum atomic E-state index is 12.3. The molecule has 0 aromatic rings.